The van der Waals surface area contributed by atoms with Crippen LogP contribution in [-0.4, -0.2) is 64.5 Å². The van der Waals surface area contributed by atoms with E-state index >= 15 is 0 Å². The first-order valence-electron chi connectivity index (χ1n) is 18.1. The molecular formula is C38H85O2P3Ru. The molecular weight excluding hydrogens is 682 g/mol. The molecule has 272 valence electrons. The zero-order valence-corrected chi connectivity index (χ0v) is 37.9. The summed E-state index contributed by atoms with van der Waals surface area (Å²) in [5.41, 5.74) is 8.62. The van der Waals surface area contributed by atoms with Crippen LogP contribution in [-0.2, 0) is 29.1 Å². The first-order valence-corrected chi connectivity index (χ1v) is 22.8. The quantitative estimate of drug-likeness (QED) is 0.103. The summed E-state index contributed by atoms with van der Waals surface area (Å²) in [5, 5.41) is 0. The molecule has 0 heterocycles. The van der Waals surface area contributed by atoms with Crippen LogP contribution in [0.5, 0.6) is 0 Å². The summed E-state index contributed by atoms with van der Waals surface area (Å²) in [7, 11) is 0.766. The Kier molecular flexibility index (Phi) is 50.6. The van der Waals surface area contributed by atoms with Gasteiger partial charge in [0.1, 0.15) is 13.6 Å². The van der Waals surface area contributed by atoms with Crippen LogP contribution in [0.15, 0.2) is 0 Å². The van der Waals surface area contributed by atoms with Gasteiger partial charge in [-0.2, -0.15) is 0 Å². The maximum absolute atomic E-state index is 8.00. The summed E-state index contributed by atoms with van der Waals surface area (Å²) in [5.74, 6) is 0. The summed E-state index contributed by atoms with van der Waals surface area (Å²) in [6, 6.07) is 0. The minimum atomic E-state index is 0. The summed E-state index contributed by atoms with van der Waals surface area (Å²) in [4.78, 5) is 16.0. The third-order valence-corrected chi connectivity index (χ3v) is 22.3. The van der Waals surface area contributed by atoms with Crippen molar-refractivity contribution in [3.8, 4) is 0 Å². The summed E-state index contributed by atoms with van der Waals surface area (Å²) >= 11 is 0. The molecule has 0 aromatic heterocycles. The van der Waals surface area contributed by atoms with Crippen LogP contribution in [0, 0.1) is 0 Å². The molecule has 0 aromatic carbocycles. The van der Waals surface area contributed by atoms with Gasteiger partial charge in [0.2, 0.25) is 0 Å². The molecule has 0 radical (unpaired) electrons. The smallest absolute Gasteiger partial charge is 0.106 e. The van der Waals surface area contributed by atoms with E-state index < -0.39 is 0 Å². The normalized spacial score (nSPS) is 18.6. The van der Waals surface area contributed by atoms with Gasteiger partial charge in [-0.15, -0.1) is 0 Å². The molecule has 0 bridgehead atoms. The van der Waals surface area contributed by atoms with Gasteiger partial charge in [0.25, 0.3) is 0 Å². The van der Waals surface area contributed by atoms with Crippen molar-refractivity contribution in [3.63, 3.8) is 0 Å². The van der Waals surface area contributed by atoms with Crippen LogP contribution in [0.2, 0.25) is 0 Å². The molecule has 6 heteroatoms. The molecule has 0 saturated heterocycles. The van der Waals surface area contributed by atoms with Gasteiger partial charge in [0.15, 0.2) is 0 Å². The van der Waals surface area contributed by atoms with Crippen LogP contribution in [0.1, 0.15) is 182 Å². The fourth-order valence-electron chi connectivity index (χ4n) is 5.81. The van der Waals surface area contributed by atoms with Crippen molar-refractivity contribution >= 4 is 37.3 Å². The van der Waals surface area contributed by atoms with E-state index in [1.807, 2.05) is 13.6 Å². The Balaban J connectivity index is -0.000000115. The van der Waals surface area contributed by atoms with E-state index in [4.69, 9.17) is 9.59 Å². The van der Waals surface area contributed by atoms with Gasteiger partial charge in [-0.1, -0.05) is 148 Å². The molecule has 0 fully saturated rings. The van der Waals surface area contributed by atoms with E-state index in [0.29, 0.717) is 0 Å². The first kappa shape index (κ1) is 57.5. The Labute approximate surface area is 298 Å². The topological polar surface area (TPSA) is 34.1 Å². The van der Waals surface area contributed by atoms with Crippen LogP contribution in [0.3, 0.4) is 0 Å². The number of carbonyl (C=O) groups excluding carboxylic acids is 2. The molecule has 0 saturated carbocycles. The van der Waals surface area contributed by atoms with Crippen molar-refractivity contribution in [2.24, 2.45) is 0 Å². The molecule has 0 spiro atoms. The van der Waals surface area contributed by atoms with Gasteiger partial charge in [0.05, 0.1) is 0 Å². The van der Waals surface area contributed by atoms with Gasteiger partial charge in [-0.05, 0) is 109 Å². The van der Waals surface area contributed by atoms with Crippen LogP contribution in [0.25, 0.3) is 0 Å². The molecule has 0 rings (SSSR count). The van der Waals surface area contributed by atoms with Gasteiger partial charge >= 0.3 is 0 Å². The average Bonchev–Trinajstić information content (AvgIpc) is 3.05. The minimum Gasteiger partial charge on any atom is -0.307 e. The standard InChI is InChI=1S/3C12H27P.2CH2O.Ru/c3*1-7-10(4)13(11(5)8-2)12(6)9-3;2*1-2;/h3*10-12H,7-9H2,1-6H3;2*1H2;. The molecule has 0 aliphatic heterocycles. The zero-order valence-electron chi connectivity index (χ0n) is 33.5. The summed E-state index contributed by atoms with van der Waals surface area (Å²) < 4.78 is 0. The SMILES string of the molecule is C=O.C=O.CCC(C)P(C(C)CC)C(C)CC.CCC(C)P(C(C)CC)C(C)CC.CCC(C)P(C(C)CC)C(C)CC.[Ru]. The van der Waals surface area contributed by atoms with Crippen molar-refractivity contribution in [1.29, 1.82) is 0 Å². The van der Waals surface area contributed by atoms with Crippen molar-refractivity contribution < 1.29 is 29.1 Å². The van der Waals surface area contributed by atoms with E-state index in [9.17, 15) is 0 Å². The molecule has 2 nitrogen and oxygen atoms in total. The van der Waals surface area contributed by atoms with Crippen LogP contribution < -0.4 is 0 Å². The second-order valence-electron chi connectivity index (χ2n) is 12.7. The van der Waals surface area contributed by atoms with Crippen molar-refractivity contribution in [3.05, 3.63) is 0 Å². The van der Waals surface area contributed by atoms with Gasteiger partial charge in [0, 0.05) is 19.5 Å². The third kappa shape index (κ3) is 25.3. The van der Waals surface area contributed by atoms with E-state index in [1.54, 1.807) is 0 Å². The van der Waals surface area contributed by atoms with Gasteiger partial charge in [-0.25, -0.2) is 0 Å². The van der Waals surface area contributed by atoms with Crippen molar-refractivity contribution in [2.45, 2.75) is 233 Å². The molecule has 0 aromatic rings. The van der Waals surface area contributed by atoms with E-state index in [1.165, 1.54) is 57.8 Å². The maximum Gasteiger partial charge on any atom is 0.106 e. The number of rotatable bonds is 18. The summed E-state index contributed by atoms with van der Waals surface area (Å²) in [6.07, 6.45) is 12.3. The Morgan fingerprint density at radius 1 is 0.295 bits per heavy atom. The van der Waals surface area contributed by atoms with Crippen LogP contribution >= 0.6 is 23.8 Å². The maximum atomic E-state index is 8.00. The van der Waals surface area contributed by atoms with Crippen LogP contribution in [0.4, 0.5) is 0 Å². The average molecular weight is 768 g/mol. The third-order valence-electron chi connectivity index (χ3n) is 9.90. The minimum absolute atomic E-state index is 0. The fourth-order valence-corrected chi connectivity index (χ4v) is 17.4. The van der Waals surface area contributed by atoms with E-state index in [2.05, 4.69) is 125 Å². The Hall–Kier alpha value is 1.25. The predicted molar refractivity (Wildman–Crippen MR) is 213 cm³/mol. The molecule has 44 heavy (non-hydrogen) atoms. The second kappa shape index (κ2) is 38.7. The van der Waals surface area contributed by atoms with E-state index in [-0.39, 0.29) is 43.2 Å². The molecule has 0 aliphatic rings. The second-order valence-corrected chi connectivity index (χ2v) is 23.3. The number of carbonyl (C=O) groups is 2. The Morgan fingerprint density at radius 3 is 0.409 bits per heavy atom. The largest absolute Gasteiger partial charge is 0.307 e. The first-order chi connectivity index (χ1) is 20.2. The molecule has 0 aliphatic carbocycles. The van der Waals surface area contributed by atoms with Gasteiger partial charge < -0.3 is 9.59 Å². The Bertz CT molecular complexity index is 412. The zero-order chi connectivity index (χ0) is 35.3. The van der Waals surface area contributed by atoms with Gasteiger partial charge in [-0.3, -0.25) is 0 Å². The number of hydrogen-bond donors (Lipinski definition) is 0. The molecule has 0 N–H and O–H groups in total. The van der Waals surface area contributed by atoms with Crippen molar-refractivity contribution in [1.82, 2.24) is 0 Å². The Morgan fingerprint density at radius 2 is 0.364 bits per heavy atom. The monoisotopic (exact) mass is 768 g/mol. The number of hydrogen-bond acceptors (Lipinski definition) is 2. The fraction of sp³-hybridized carbons (Fsp3) is 0.947. The molecule has 9 atom stereocenters. The molecule has 9 unspecified atom stereocenters. The van der Waals surface area contributed by atoms with Crippen molar-refractivity contribution in [2.75, 3.05) is 0 Å². The van der Waals surface area contributed by atoms with E-state index in [0.717, 1.165) is 50.9 Å². The molecule has 0 amide bonds. The summed E-state index contributed by atoms with van der Waals surface area (Å²) in [6.45, 7) is 47.1. The predicted octanol–water partition coefficient (Wildman–Crippen LogP) is 14.2.